The first kappa shape index (κ1) is 28.1. The number of carbonyl (C=O) groups excluding carboxylic acids is 2. The minimum absolute atomic E-state index is 0.200. The number of benzene rings is 4. The van der Waals surface area contributed by atoms with Crippen LogP contribution in [0.25, 0.3) is 28.1 Å². The second kappa shape index (κ2) is 12.0. The molecular formula is C33H28FN3O5. The Morgan fingerprint density at radius 1 is 0.833 bits per heavy atom. The predicted octanol–water partition coefficient (Wildman–Crippen LogP) is 6.85. The maximum absolute atomic E-state index is 13.6. The number of nitrogens with zero attached hydrogens (tertiary/aromatic N) is 2. The van der Waals surface area contributed by atoms with Gasteiger partial charge in [-0.05, 0) is 73.2 Å². The molecule has 0 radical (unpaired) electrons. The van der Waals surface area contributed by atoms with Gasteiger partial charge in [0.15, 0.2) is 11.5 Å². The highest BCUT2D eigenvalue weighted by Crippen LogP contribution is 2.43. The molecule has 0 unspecified atom stereocenters. The summed E-state index contributed by atoms with van der Waals surface area (Å²) in [5.74, 6) is -0.157. The summed E-state index contributed by atoms with van der Waals surface area (Å²) in [5.41, 5.74) is 4.93. The molecule has 9 heteroatoms. The highest BCUT2D eigenvalue weighted by Gasteiger charge is 2.25. The molecule has 0 spiro atoms. The van der Waals surface area contributed by atoms with Crippen LogP contribution in [0.2, 0.25) is 0 Å². The first-order chi connectivity index (χ1) is 20.3. The molecular weight excluding hydrogens is 537 g/mol. The van der Waals surface area contributed by atoms with Crippen molar-refractivity contribution < 1.29 is 28.2 Å². The molecule has 212 valence electrons. The molecule has 1 amide bonds. The van der Waals surface area contributed by atoms with Crippen molar-refractivity contribution >= 4 is 17.6 Å². The molecule has 5 aromatic rings. The summed E-state index contributed by atoms with van der Waals surface area (Å²) in [6, 6.07) is 25.6. The maximum Gasteiger partial charge on any atom is 0.309 e. The van der Waals surface area contributed by atoms with Crippen LogP contribution in [0.4, 0.5) is 10.1 Å². The number of rotatable bonds is 8. The van der Waals surface area contributed by atoms with Gasteiger partial charge in [-0.1, -0.05) is 35.9 Å². The van der Waals surface area contributed by atoms with E-state index in [1.54, 1.807) is 55.3 Å². The minimum atomic E-state index is -0.512. The first-order valence-electron chi connectivity index (χ1n) is 13.1. The van der Waals surface area contributed by atoms with Gasteiger partial charge in [-0.25, -0.2) is 4.39 Å². The smallest absolute Gasteiger partial charge is 0.309 e. The molecule has 0 fully saturated rings. The van der Waals surface area contributed by atoms with Crippen molar-refractivity contribution in [2.45, 2.75) is 13.8 Å². The molecule has 1 heterocycles. The van der Waals surface area contributed by atoms with E-state index in [1.807, 2.05) is 37.3 Å². The molecule has 0 atom stereocenters. The Hall–Kier alpha value is -5.44. The molecule has 8 nitrogen and oxygen atoms in total. The van der Waals surface area contributed by atoms with Crippen molar-refractivity contribution in [1.29, 1.82) is 0 Å². The van der Waals surface area contributed by atoms with Gasteiger partial charge >= 0.3 is 5.97 Å². The Morgan fingerprint density at radius 2 is 1.52 bits per heavy atom. The third-order valence-corrected chi connectivity index (χ3v) is 6.54. The maximum atomic E-state index is 13.6. The van der Waals surface area contributed by atoms with Crippen molar-refractivity contribution in [2.24, 2.45) is 0 Å². The van der Waals surface area contributed by atoms with Crippen LogP contribution in [-0.4, -0.2) is 35.9 Å². The second-order valence-corrected chi connectivity index (χ2v) is 9.48. The standard InChI is InChI=1S/C33H28FN3O5/c1-20-8-15-27(16-9-20)37-33(42-21(2)38)30(31(36-37)23-12-17-28(40-3)29(19-23)41-4)22-10-13-26(14-11-22)35-32(39)24-6-5-7-25(34)18-24/h5-19H,1-4H3,(H,35,39). The van der Waals surface area contributed by atoms with E-state index in [0.29, 0.717) is 45.3 Å². The number of carbonyl (C=O) groups is 2. The Balaban J connectivity index is 1.64. The summed E-state index contributed by atoms with van der Waals surface area (Å²) in [4.78, 5) is 25.0. The molecule has 0 aliphatic carbocycles. The van der Waals surface area contributed by atoms with Crippen LogP contribution in [0.5, 0.6) is 17.4 Å². The van der Waals surface area contributed by atoms with Gasteiger partial charge in [0.25, 0.3) is 5.91 Å². The fourth-order valence-electron chi connectivity index (χ4n) is 4.49. The van der Waals surface area contributed by atoms with Gasteiger partial charge in [0.05, 0.1) is 25.5 Å². The zero-order valence-corrected chi connectivity index (χ0v) is 23.5. The number of methoxy groups -OCH3 is 2. The molecule has 0 saturated carbocycles. The lowest BCUT2D eigenvalue weighted by Gasteiger charge is -2.11. The largest absolute Gasteiger partial charge is 0.493 e. The zero-order valence-electron chi connectivity index (χ0n) is 23.5. The van der Waals surface area contributed by atoms with Crippen LogP contribution in [-0.2, 0) is 4.79 Å². The Bertz CT molecular complexity index is 1760. The number of halogens is 1. The highest BCUT2D eigenvalue weighted by atomic mass is 19.1. The number of nitrogens with one attached hydrogen (secondary N) is 1. The third kappa shape index (κ3) is 5.85. The van der Waals surface area contributed by atoms with Crippen LogP contribution in [0.3, 0.4) is 0 Å². The summed E-state index contributed by atoms with van der Waals surface area (Å²) in [7, 11) is 3.11. The number of anilines is 1. The van der Waals surface area contributed by atoms with Gasteiger partial charge in [0.2, 0.25) is 5.88 Å². The molecule has 5 rings (SSSR count). The van der Waals surface area contributed by atoms with E-state index in [9.17, 15) is 14.0 Å². The average Bonchev–Trinajstić information content (AvgIpc) is 3.35. The Labute approximate surface area is 242 Å². The number of hydrogen-bond donors (Lipinski definition) is 1. The van der Waals surface area contributed by atoms with Gasteiger partial charge in [-0.3, -0.25) is 9.59 Å². The van der Waals surface area contributed by atoms with Gasteiger partial charge in [-0.2, -0.15) is 9.78 Å². The number of amides is 1. The molecule has 0 bridgehead atoms. The quantitative estimate of drug-likeness (QED) is 0.207. The highest BCUT2D eigenvalue weighted by molar-refractivity contribution is 6.04. The summed E-state index contributed by atoms with van der Waals surface area (Å²) < 4.78 is 31.9. The molecule has 0 aliphatic heterocycles. The monoisotopic (exact) mass is 565 g/mol. The fraction of sp³-hybridized carbons (Fsp3) is 0.121. The number of hydrogen-bond acceptors (Lipinski definition) is 6. The van der Waals surface area contributed by atoms with E-state index in [2.05, 4.69) is 5.32 Å². The number of ether oxygens (including phenoxy) is 3. The minimum Gasteiger partial charge on any atom is -0.493 e. The third-order valence-electron chi connectivity index (χ3n) is 6.54. The SMILES string of the molecule is COc1ccc(-c2nn(-c3ccc(C)cc3)c(OC(C)=O)c2-c2ccc(NC(=O)c3cccc(F)c3)cc2)cc1OC. The van der Waals surface area contributed by atoms with Crippen molar-refractivity contribution in [3.8, 4) is 45.5 Å². The van der Waals surface area contributed by atoms with Crippen molar-refractivity contribution in [1.82, 2.24) is 9.78 Å². The summed E-state index contributed by atoms with van der Waals surface area (Å²) in [6.07, 6.45) is 0. The normalized spacial score (nSPS) is 10.7. The molecule has 0 saturated heterocycles. The lowest BCUT2D eigenvalue weighted by Crippen LogP contribution is -2.11. The first-order valence-corrected chi connectivity index (χ1v) is 13.1. The summed E-state index contributed by atoms with van der Waals surface area (Å²) >= 11 is 0. The van der Waals surface area contributed by atoms with Crippen LogP contribution in [0.15, 0.2) is 91.0 Å². The van der Waals surface area contributed by atoms with Crippen LogP contribution in [0, 0.1) is 12.7 Å². The van der Waals surface area contributed by atoms with Crippen molar-refractivity contribution in [2.75, 3.05) is 19.5 Å². The fourth-order valence-corrected chi connectivity index (χ4v) is 4.49. The lowest BCUT2D eigenvalue weighted by molar-refractivity contribution is -0.132. The van der Waals surface area contributed by atoms with Gasteiger partial charge < -0.3 is 19.5 Å². The van der Waals surface area contributed by atoms with E-state index in [4.69, 9.17) is 19.3 Å². The molecule has 0 aliphatic rings. The molecule has 42 heavy (non-hydrogen) atoms. The van der Waals surface area contributed by atoms with E-state index in [0.717, 1.165) is 5.56 Å². The van der Waals surface area contributed by atoms with Gasteiger partial charge in [0, 0.05) is 23.7 Å². The molecule has 4 aromatic carbocycles. The summed E-state index contributed by atoms with van der Waals surface area (Å²) in [6.45, 7) is 3.31. The van der Waals surface area contributed by atoms with E-state index in [-0.39, 0.29) is 11.4 Å². The van der Waals surface area contributed by atoms with Gasteiger partial charge in [0.1, 0.15) is 11.5 Å². The number of esters is 1. The second-order valence-electron chi connectivity index (χ2n) is 9.48. The van der Waals surface area contributed by atoms with E-state index in [1.165, 1.54) is 31.2 Å². The van der Waals surface area contributed by atoms with E-state index < -0.39 is 17.7 Å². The summed E-state index contributed by atoms with van der Waals surface area (Å²) in [5, 5.41) is 7.68. The average molecular weight is 566 g/mol. The molecule has 1 N–H and O–H groups in total. The van der Waals surface area contributed by atoms with Crippen molar-refractivity contribution in [3.05, 3.63) is 108 Å². The van der Waals surface area contributed by atoms with Crippen LogP contribution >= 0.6 is 0 Å². The number of aromatic nitrogens is 2. The lowest BCUT2D eigenvalue weighted by atomic mass is 10.0. The van der Waals surface area contributed by atoms with Crippen molar-refractivity contribution in [3.63, 3.8) is 0 Å². The zero-order chi connectivity index (χ0) is 29.8. The molecule has 1 aromatic heterocycles. The van der Waals surface area contributed by atoms with Crippen LogP contribution in [0.1, 0.15) is 22.8 Å². The Morgan fingerprint density at radius 3 is 2.17 bits per heavy atom. The topological polar surface area (TPSA) is 91.7 Å². The van der Waals surface area contributed by atoms with Gasteiger partial charge in [-0.15, -0.1) is 0 Å². The predicted molar refractivity (Wildman–Crippen MR) is 158 cm³/mol. The number of aryl methyl sites for hydroxylation is 1. The Kier molecular flexibility index (Phi) is 8.01. The van der Waals surface area contributed by atoms with Crippen LogP contribution < -0.4 is 19.5 Å². The van der Waals surface area contributed by atoms with E-state index >= 15 is 0 Å².